The van der Waals surface area contributed by atoms with Gasteiger partial charge in [0.2, 0.25) is 0 Å². The molecule has 1 heterocycles. The summed E-state index contributed by atoms with van der Waals surface area (Å²) in [6.45, 7) is 6.03. The first-order valence-electron chi connectivity index (χ1n) is 7.28. The minimum Gasteiger partial charge on any atom is -0.367 e. The van der Waals surface area contributed by atoms with Gasteiger partial charge in [0.25, 0.3) is 0 Å². The van der Waals surface area contributed by atoms with Crippen molar-refractivity contribution in [3.8, 4) is 0 Å². The molecule has 1 unspecified atom stereocenters. The number of anilines is 1. The Morgan fingerprint density at radius 3 is 2.48 bits per heavy atom. The van der Waals surface area contributed by atoms with Crippen molar-refractivity contribution < 1.29 is 0 Å². The second-order valence-corrected chi connectivity index (χ2v) is 6.19. The van der Waals surface area contributed by atoms with Gasteiger partial charge in [-0.05, 0) is 71.6 Å². The van der Waals surface area contributed by atoms with Crippen LogP contribution in [-0.2, 0) is 13.0 Å². The number of nitrogens with two attached hydrogens (primary N) is 1. The molecular formula is C17H22BrN3. The van der Waals surface area contributed by atoms with Crippen LogP contribution in [0.3, 0.4) is 0 Å². The summed E-state index contributed by atoms with van der Waals surface area (Å²) >= 11 is 3.70. The van der Waals surface area contributed by atoms with E-state index in [1.807, 2.05) is 19.3 Å². The van der Waals surface area contributed by atoms with Crippen molar-refractivity contribution in [2.75, 3.05) is 11.4 Å². The Morgan fingerprint density at radius 1 is 1.19 bits per heavy atom. The van der Waals surface area contributed by atoms with Gasteiger partial charge in [0.05, 0.1) is 5.69 Å². The lowest BCUT2D eigenvalue weighted by atomic mass is 10.1. The van der Waals surface area contributed by atoms with Gasteiger partial charge in [0.1, 0.15) is 0 Å². The summed E-state index contributed by atoms with van der Waals surface area (Å²) in [6, 6.07) is 10.8. The van der Waals surface area contributed by atoms with Crippen LogP contribution >= 0.6 is 15.9 Å². The number of halogens is 1. The maximum Gasteiger partial charge on any atom is 0.0513 e. The van der Waals surface area contributed by atoms with E-state index >= 15 is 0 Å². The Hall–Kier alpha value is -1.39. The van der Waals surface area contributed by atoms with Gasteiger partial charge in [-0.25, -0.2) is 0 Å². The van der Waals surface area contributed by atoms with E-state index in [-0.39, 0.29) is 6.04 Å². The zero-order chi connectivity index (χ0) is 15.2. The zero-order valence-electron chi connectivity index (χ0n) is 12.6. The van der Waals surface area contributed by atoms with Crippen LogP contribution in [0.2, 0.25) is 0 Å². The third-order valence-corrected chi connectivity index (χ3v) is 4.05. The topological polar surface area (TPSA) is 42.2 Å². The summed E-state index contributed by atoms with van der Waals surface area (Å²) in [5, 5.41) is 0. The molecule has 2 N–H and O–H groups in total. The normalized spacial score (nSPS) is 12.2. The highest BCUT2D eigenvalue weighted by atomic mass is 79.9. The van der Waals surface area contributed by atoms with Crippen molar-refractivity contribution in [3.63, 3.8) is 0 Å². The minimum atomic E-state index is 0.182. The Balaban J connectivity index is 2.18. The number of nitrogens with zero attached hydrogens (tertiary/aromatic N) is 2. The van der Waals surface area contributed by atoms with E-state index in [1.165, 1.54) is 16.8 Å². The Kier molecular flexibility index (Phi) is 5.76. The first-order valence-corrected chi connectivity index (χ1v) is 8.07. The fourth-order valence-corrected chi connectivity index (χ4v) is 3.06. The van der Waals surface area contributed by atoms with Gasteiger partial charge in [0, 0.05) is 36.0 Å². The van der Waals surface area contributed by atoms with E-state index < -0.39 is 0 Å². The van der Waals surface area contributed by atoms with E-state index in [1.54, 1.807) is 0 Å². The number of pyridine rings is 1. The van der Waals surface area contributed by atoms with Gasteiger partial charge in [-0.2, -0.15) is 0 Å². The molecule has 2 rings (SSSR count). The van der Waals surface area contributed by atoms with E-state index in [0.717, 1.165) is 24.0 Å². The molecule has 0 radical (unpaired) electrons. The molecule has 0 spiro atoms. The Labute approximate surface area is 135 Å². The predicted molar refractivity (Wildman–Crippen MR) is 92.5 cm³/mol. The summed E-state index contributed by atoms with van der Waals surface area (Å²) in [6.07, 6.45) is 4.57. The van der Waals surface area contributed by atoms with Crippen molar-refractivity contribution >= 4 is 21.6 Å². The molecule has 0 amide bonds. The number of aromatic nitrogens is 1. The van der Waals surface area contributed by atoms with Crippen molar-refractivity contribution in [2.45, 2.75) is 32.9 Å². The molecule has 3 nitrogen and oxygen atoms in total. The molecule has 0 bridgehead atoms. The molecule has 0 aliphatic rings. The molecule has 0 saturated heterocycles. The van der Waals surface area contributed by atoms with Crippen molar-refractivity contribution in [3.05, 3.63) is 58.3 Å². The van der Waals surface area contributed by atoms with Gasteiger partial charge in [-0.1, -0.05) is 6.07 Å². The van der Waals surface area contributed by atoms with Crippen LogP contribution in [0.25, 0.3) is 0 Å². The highest BCUT2D eigenvalue weighted by Gasteiger charge is 2.10. The maximum absolute atomic E-state index is 5.87. The van der Waals surface area contributed by atoms with Crippen molar-refractivity contribution in [2.24, 2.45) is 5.73 Å². The van der Waals surface area contributed by atoms with Crippen molar-refractivity contribution in [1.29, 1.82) is 0 Å². The van der Waals surface area contributed by atoms with Crippen LogP contribution in [0.1, 0.15) is 25.0 Å². The molecule has 2 aromatic rings. The lowest BCUT2D eigenvalue weighted by molar-refractivity contribution is 0.737. The molecule has 1 aromatic heterocycles. The van der Waals surface area contributed by atoms with Gasteiger partial charge in [-0.3, -0.25) is 4.98 Å². The summed E-state index contributed by atoms with van der Waals surface area (Å²) in [4.78, 5) is 6.41. The molecular weight excluding hydrogens is 326 g/mol. The number of benzene rings is 1. The van der Waals surface area contributed by atoms with E-state index in [0.29, 0.717) is 0 Å². The predicted octanol–water partition coefficient (Wildman–Crippen LogP) is 3.76. The summed E-state index contributed by atoms with van der Waals surface area (Å²) in [5.74, 6) is 0. The average Bonchev–Trinajstić information content (AvgIpc) is 2.46. The molecule has 4 heteroatoms. The largest absolute Gasteiger partial charge is 0.367 e. The summed E-state index contributed by atoms with van der Waals surface area (Å²) in [5.41, 5.74) is 9.61. The Bertz CT molecular complexity index is 570. The smallest absolute Gasteiger partial charge is 0.0513 e. The second-order valence-electron chi connectivity index (χ2n) is 5.34. The number of hydrogen-bond donors (Lipinski definition) is 1. The van der Waals surface area contributed by atoms with Crippen LogP contribution in [0.15, 0.2) is 47.2 Å². The van der Waals surface area contributed by atoms with Crippen LogP contribution < -0.4 is 10.6 Å². The molecule has 1 atom stereocenters. The SMILES string of the molecule is CCN(Cc1ccncc1)c1ccc(CC(C)N)cc1Br. The highest BCUT2D eigenvalue weighted by molar-refractivity contribution is 9.10. The van der Waals surface area contributed by atoms with Gasteiger partial charge in [0.15, 0.2) is 0 Å². The number of hydrogen-bond acceptors (Lipinski definition) is 3. The Morgan fingerprint density at radius 2 is 1.90 bits per heavy atom. The zero-order valence-corrected chi connectivity index (χ0v) is 14.2. The van der Waals surface area contributed by atoms with Crippen LogP contribution in [-0.4, -0.2) is 17.6 Å². The molecule has 0 aliphatic heterocycles. The minimum absolute atomic E-state index is 0.182. The van der Waals surface area contributed by atoms with Gasteiger partial charge >= 0.3 is 0 Å². The van der Waals surface area contributed by atoms with Crippen LogP contribution in [0.5, 0.6) is 0 Å². The van der Waals surface area contributed by atoms with Crippen LogP contribution in [0, 0.1) is 0 Å². The fraction of sp³-hybridized carbons (Fsp3) is 0.353. The van der Waals surface area contributed by atoms with Crippen molar-refractivity contribution in [1.82, 2.24) is 4.98 Å². The molecule has 0 aliphatic carbocycles. The summed E-state index contributed by atoms with van der Waals surface area (Å²) < 4.78 is 1.12. The quantitative estimate of drug-likeness (QED) is 0.864. The first kappa shape index (κ1) is 16.0. The second kappa shape index (κ2) is 7.57. The lowest BCUT2D eigenvalue weighted by Crippen LogP contribution is -2.22. The first-order chi connectivity index (χ1) is 10.1. The fourth-order valence-electron chi connectivity index (χ4n) is 2.38. The lowest BCUT2D eigenvalue weighted by Gasteiger charge is -2.25. The molecule has 112 valence electrons. The average molecular weight is 348 g/mol. The van der Waals surface area contributed by atoms with E-state index in [9.17, 15) is 0 Å². The maximum atomic E-state index is 5.87. The molecule has 0 saturated carbocycles. The highest BCUT2D eigenvalue weighted by Crippen LogP contribution is 2.28. The van der Waals surface area contributed by atoms with Gasteiger partial charge < -0.3 is 10.6 Å². The molecule has 1 aromatic carbocycles. The third-order valence-electron chi connectivity index (χ3n) is 3.41. The monoisotopic (exact) mass is 347 g/mol. The standard InChI is InChI=1S/C17H22BrN3/c1-3-21(12-14-6-8-20-9-7-14)17-5-4-15(10-13(2)19)11-16(17)18/h4-9,11,13H,3,10,12,19H2,1-2H3. The molecule has 21 heavy (non-hydrogen) atoms. The van der Waals surface area contributed by atoms with Crippen LogP contribution in [0.4, 0.5) is 5.69 Å². The van der Waals surface area contributed by atoms with Gasteiger partial charge in [-0.15, -0.1) is 0 Å². The van der Waals surface area contributed by atoms with E-state index in [4.69, 9.17) is 5.73 Å². The third kappa shape index (κ3) is 4.55. The number of rotatable bonds is 6. The molecule has 0 fully saturated rings. The van der Waals surface area contributed by atoms with E-state index in [2.05, 4.69) is 63.1 Å². The summed E-state index contributed by atoms with van der Waals surface area (Å²) in [7, 11) is 0.